The summed E-state index contributed by atoms with van der Waals surface area (Å²) in [4.78, 5) is 6.75. The lowest BCUT2D eigenvalue weighted by Gasteiger charge is -2.21. The van der Waals surface area contributed by atoms with Crippen molar-refractivity contribution in [1.82, 2.24) is 15.2 Å². The van der Waals surface area contributed by atoms with E-state index in [-0.39, 0.29) is 0 Å². The Morgan fingerprint density at radius 1 is 0.962 bits per heavy atom. The van der Waals surface area contributed by atoms with Crippen LogP contribution in [0, 0.1) is 27.7 Å². The Kier molecular flexibility index (Phi) is 5.16. The van der Waals surface area contributed by atoms with Crippen molar-refractivity contribution in [2.45, 2.75) is 34.6 Å². The van der Waals surface area contributed by atoms with E-state index in [1.807, 2.05) is 6.07 Å². The van der Waals surface area contributed by atoms with Gasteiger partial charge in [0.15, 0.2) is 5.82 Å². The molecule has 0 fully saturated rings. The lowest BCUT2D eigenvalue weighted by atomic mass is 10.1. The van der Waals surface area contributed by atoms with Gasteiger partial charge in [-0.3, -0.25) is 0 Å². The standard InChI is InChI=1S/C21H25N5/c1-6-26(18-9-7-8-14(2)12-18)21-24-19(13-22-25-21)23-20-16(4)10-15(3)11-17(20)5/h7-13H,6H2,1-5H3,(H,23,24,25). The van der Waals surface area contributed by atoms with Crippen LogP contribution in [-0.2, 0) is 0 Å². The summed E-state index contributed by atoms with van der Waals surface area (Å²) < 4.78 is 0. The summed E-state index contributed by atoms with van der Waals surface area (Å²) in [5, 5.41) is 11.8. The van der Waals surface area contributed by atoms with Crippen molar-refractivity contribution in [3.63, 3.8) is 0 Å². The van der Waals surface area contributed by atoms with Gasteiger partial charge in [0.1, 0.15) is 0 Å². The molecule has 0 bridgehead atoms. The van der Waals surface area contributed by atoms with Crippen molar-refractivity contribution in [3.05, 3.63) is 64.8 Å². The maximum absolute atomic E-state index is 4.69. The second-order valence-electron chi connectivity index (χ2n) is 6.62. The van der Waals surface area contributed by atoms with E-state index in [2.05, 4.69) is 85.4 Å². The molecular formula is C21H25N5. The Morgan fingerprint density at radius 3 is 2.35 bits per heavy atom. The maximum atomic E-state index is 4.69. The second-order valence-corrected chi connectivity index (χ2v) is 6.62. The molecule has 0 aliphatic rings. The Morgan fingerprint density at radius 2 is 1.69 bits per heavy atom. The van der Waals surface area contributed by atoms with Crippen LogP contribution < -0.4 is 10.2 Å². The molecule has 0 saturated heterocycles. The van der Waals surface area contributed by atoms with E-state index in [4.69, 9.17) is 4.98 Å². The first kappa shape index (κ1) is 17.9. The molecule has 0 unspecified atom stereocenters. The van der Waals surface area contributed by atoms with Crippen molar-refractivity contribution >= 4 is 23.1 Å². The van der Waals surface area contributed by atoms with Crippen LogP contribution in [0.25, 0.3) is 0 Å². The molecule has 5 heteroatoms. The zero-order valence-electron chi connectivity index (χ0n) is 16.0. The topological polar surface area (TPSA) is 53.9 Å². The molecule has 1 N–H and O–H groups in total. The van der Waals surface area contributed by atoms with Crippen molar-refractivity contribution in [1.29, 1.82) is 0 Å². The average molecular weight is 347 g/mol. The highest BCUT2D eigenvalue weighted by Crippen LogP contribution is 2.27. The van der Waals surface area contributed by atoms with Crippen molar-refractivity contribution < 1.29 is 0 Å². The molecule has 0 spiro atoms. The largest absolute Gasteiger partial charge is 0.338 e. The Bertz CT molecular complexity index is 897. The minimum absolute atomic E-state index is 0.588. The van der Waals surface area contributed by atoms with Gasteiger partial charge in [-0.1, -0.05) is 29.8 Å². The lowest BCUT2D eigenvalue weighted by Crippen LogP contribution is -2.19. The molecule has 2 aromatic carbocycles. The Hall–Kier alpha value is -2.95. The summed E-state index contributed by atoms with van der Waals surface area (Å²) in [5.74, 6) is 1.28. The molecule has 0 saturated carbocycles. The maximum Gasteiger partial charge on any atom is 0.251 e. The summed E-state index contributed by atoms with van der Waals surface area (Å²) in [5.41, 5.74) is 6.97. The highest BCUT2D eigenvalue weighted by Gasteiger charge is 2.13. The summed E-state index contributed by atoms with van der Waals surface area (Å²) in [7, 11) is 0. The fourth-order valence-corrected chi connectivity index (χ4v) is 3.21. The minimum Gasteiger partial charge on any atom is -0.338 e. The summed E-state index contributed by atoms with van der Waals surface area (Å²) >= 11 is 0. The molecule has 1 heterocycles. The molecule has 0 aliphatic heterocycles. The van der Waals surface area contributed by atoms with Crippen LogP contribution in [0.15, 0.2) is 42.6 Å². The van der Waals surface area contributed by atoms with E-state index in [0.29, 0.717) is 11.8 Å². The molecule has 3 rings (SSSR count). The number of benzene rings is 2. The highest BCUT2D eigenvalue weighted by molar-refractivity contribution is 5.66. The molecule has 134 valence electrons. The monoisotopic (exact) mass is 347 g/mol. The van der Waals surface area contributed by atoms with Gasteiger partial charge in [0.25, 0.3) is 5.95 Å². The third kappa shape index (κ3) is 3.82. The van der Waals surface area contributed by atoms with E-state index in [1.54, 1.807) is 6.20 Å². The van der Waals surface area contributed by atoms with E-state index >= 15 is 0 Å². The first-order valence-corrected chi connectivity index (χ1v) is 8.86. The van der Waals surface area contributed by atoms with Crippen LogP contribution in [-0.4, -0.2) is 21.7 Å². The van der Waals surface area contributed by atoms with Gasteiger partial charge < -0.3 is 10.2 Å². The molecule has 1 aromatic heterocycles. The first-order valence-electron chi connectivity index (χ1n) is 8.86. The number of aromatic nitrogens is 3. The zero-order valence-corrected chi connectivity index (χ0v) is 16.0. The van der Waals surface area contributed by atoms with E-state index in [9.17, 15) is 0 Å². The highest BCUT2D eigenvalue weighted by atomic mass is 15.3. The van der Waals surface area contributed by atoms with Gasteiger partial charge in [-0.15, -0.1) is 5.10 Å². The lowest BCUT2D eigenvalue weighted by molar-refractivity contribution is 0.886. The predicted octanol–water partition coefficient (Wildman–Crippen LogP) is 5.01. The molecular weight excluding hydrogens is 322 g/mol. The molecule has 26 heavy (non-hydrogen) atoms. The van der Waals surface area contributed by atoms with E-state index in [1.165, 1.54) is 22.3 Å². The second kappa shape index (κ2) is 7.52. The number of nitrogens with one attached hydrogen (secondary N) is 1. The molecule has 0 atom stereocenters. The minimum atomic E-state index is 0.588. The van der Waals surface area contributed by atoms with Crippen molar-refractivity contribution in [3.8, 4) is 0 Å². The van der Waals surface area contributed by atoms with Gasteiger partial charge in [0.2, 0.25) is 0 Å². The van der Waals surface area contributed by atoms with Gasteiger partial charge in [0, 0.05) is 17.9 Å². The fraction of sp³-hybridized carbons (Fsp3) is 0.286. The molecule has 5 nitrogen and oxygen atoms in total. The number of hydrogen-bond acceptors (Lipinski definition) is 5. The summed E-state index contributed by atoms with van der Waals surface area (Å²) in [6, 6.07) is 12.6. The van der Waals surface area contributed by atoms with E-state index in [0.717, 1.165) is 17.9 Å². The summed E-state index contributed by atoms with van der Waals surface area (Å²) in [6.07, 6.45) is 1.66. The fourth-order valence-electron chi connectivity index (χ4n) is 3.21. The van der Waals surface area contributed by atoms with Gasteiger partial charge in [0.05, 0.1) is 6.20 Å². The molecule has 3 aromatic rings. The predicted molar refractivity (Wildman–Crippen MR) is 108 cm³/mol. The quantitative estimate of drug-likeness (QED) is 0.703. The van der Waals surface area contributed by atoms with Crippen LogP contribution in [0.4, 0.5) is 23.1 Å². The van der Waals surface area contributed by atoms with Crippen molar-refractivity contribution in [2.75, 3.05) is 16.8 Å². The van der Waals surface area contributed by atoms with Gasteiger partial charge in [-0.05, 0) is 63.4 Å². The van der Waals surface area contributed by atoms with Crippen LogP contribution in [0.3, 0.4) is 0 Å². The smallest absolute Gasteiger partial charge is 0.251 e. The van der Waals surface area contributed by atoms with Crippen LogP contribution in [0.1, 0.15) is 29.2 Å². The number of nitrogens with zero attached hydrogens (tertiary/aromatic N) is 4. The number of anilines is 4. The van der Waals surface area contributed by atoms with Crippen molar-refractivity contribution in [2.24, 2.45) is 0 Å². The number of hydrogen-bond donors (Lipinski definition) is 1. The first-order chi connectivity index (χ1) is 12.5. The molecule has 0 radical (unpaired) electrons. The number of aryl methyl sites for hydroxylation is 4. The van der Waals surface area contributed by atoms with Crippen LogP contribution in [0.2, 0.25) is 0 Å². The number of rotatable bonds is 5. The average Bonchev–Trinajstić information content (AvgIpc) is 2.59. The van der Waals surface area contributed by atoms with Crippen LogP contribution in [0.5, 0.6) is 0 Å². The normalized spacial score (nSPS) is 10.7. The third-order valence-corrected chi connectivity index (χ3v) is 4.35. The summed E-state index contributed by atoms with van der Waals surface area (Å²) in [6.45, 7) is 11.2. The van der Waals surface area contributed by atoms with Gasteiger partial charge in [-0.25, -0.2) is 0 Å². The van der Waals surface area contributed by atoms with E-state index < -0.39 is 0 Å². The van der Waals surface area contributed by atoms with Gasteiger partial charge >= 0.3 is 0 Å². The van der Waals surface area contributed by atoms with Crippen LogP contribution >= 0.6 is 0 Å². The Balaban J connectivity index is 1.93. The molecule has 0 amide bonds. The Labute approximate surface area is 155 Å². The SMILES string of the molecule is CCN(c1cccc(C)c1)c1nncc(Nc2c(C)cc(C)cc2C)n1. The third-order valence-electron chi connectivity index (χ3n) is 4.35. The van der Waals surface area contributed by atoms with Gasteiger partial charge in [-0.2, -0.15) is 10.1 Å². The molecule has 0 aliphatic carbocycles. The zero-order chi connectivity index (χ0) is 18.7.